The van der Waals surface area contributed by atoms with E-state index in [-0.39, 0.29) is 17.8 Å². The van der Waals surface area contributed by atoms with Crippen LogP contribution in [0, 0.1) is 5.92 Å². The van der Waals surface area contributed by atoms with Crippen molar-refractivity contribution in [2.24, 2.45) is 5.92 Å². The van der Waals surface area contributed by atoms with Crippen molar-refractivity contribution in [1.82, 2.24) is 0 Å². The van der Waals surface area contributed by atoms with E-state index in [9.17, 15) is 0 Å². The zero-order valence-corrected chi connectivity index (χ0v) is 12.0. The van der Waals surface area contributed by atoms with Gasteiger partial charge in [-0.3, -0.25) is 0 Å². The van der Waals surface area contributed by atoms with Crippen LogP contribution >= 0.6 is 0 Å². The molecule has 0 bridgehead atoms. The normalized spacial score (nSPS) is 28.5. The molecule has 3 unspecified atom stereocenters. The second-order valence-corrected chi connectivity index (χ2v) is 6.28. The number of ether oxygens (including phenoxy) is 4. The van der Waals surface area contributed by atoms with Gasteiger partial charge >= 0.3 is 0 Å². The van der Waals surface area contributed by atoms with Gasteiger partial charge in [-0.25, -0.2) is 0 Å². The highest BCUT2D eigenvalue weighted by molar-refractivity contribution is 4.88. The molecule has 0 aromatic heterocycles. The van der Waals surface area contributed by atoms with Gasteiger partial charge in [0.25, 0.3) is 0 Å². The second kappa shape index (κ2) is 5.87. The summed E-state index contributed by atoms with van der Waals surface area (Å²) in [5.41, 5.74) is -0.200. The summed E-state index contributed by atoms with van der Waals surface area (Å²) in [6, 6.07) is 0. The van der Waals surface area contributed by atoms with Gasteiger partial charge in [0.15, 0.2) is 0 Å². The van der Waals surface area contributed by atoms with Crippen LogP contribution in [0.25, 0.3) is 0 Å². The Labute approximate surface area is 110 Å². The maximum atomic E-state index is 5.98. The van der Waals surface area contributed by atoms with Crippen molar-refractivity contribution < 1.29 is 18.9 Å². The molecule has 0 aromatic rings. The molecule has 2 saturated heterocycles. The van der Waals surface area contributed by atoms with Crippen LogP contribution in [0.2, 0.25) is 0 Å². The van der Waals surface area contributed by atoms with E-state index in [4.69, 9.17) is 18.9 Å². The molecule has 0 N–H and O–H groups in total. The third kappa shape index (κ3) is 4.84. The second-order valence-electron chi connectivity index (χ2n) is 6.28. The van der Waals surface area contributed by atoms with E-state index in [1.807, 2.05) is 0 Å². The molecule has 0 aromatic carbocycles. The fourth-order valence-electron chi connectivity index (χ4n) is 1.97. The molecule has 106 valence electrons. The van der Waals surface area contributed by atoms with Crippen LogP contribution in [-0.4, -0.2) is 50.3 Å². The van der Waals surface area contributed by atoms with Gasteiger partial charge in [-0.05, 0) is 26.2 Å². The maximum Gasteiger partial charge on any atom is 0.109 e. The van der Waals surface area contributed by atoms with Crippen LogP contribution < -0.4 is 0 Å². The lowest BCUT2D eigenvalue weighted by Crippen LogP contribution is -2.36. The van der Waals surface area contributed by atoms with Gasteiger partial charge in [0.05, 0.1) is 38.1 Å². The van der Waals surface area contributed by atoms with E-state index in [1.165, 1.54) is 0 Å². The minimum atomic E-state index is -0.200. The Morgan fingerprint density at radius 1 is 1.22 bits per heavy atom. The van der Waals surface area contributed by atoms with Crippen LogP contribution in [0.5, 0.6) is 0 Å². The van der Waals surface area contributed by atoms with Crippen molar-refractivity contribution >= 4 is 0 Å². The first kappa shape index (κ1) is 14.3. The molecule has 2 aliphatic rings. The van der Waals surface area contributed by atoms with Crippen LogP contribution in [-0.2, 0) is 18.9 Å². The summed E-state index contributed by atoms with van der Waals surface area (Å²) in [5.74, 6) is 0.610. The third-order valence-corrected chi connectivity index (χ3v) is 3.40. The number of hydrogen-bond acceptors (Lipinski definition) is 4. The summed E-state index contributed by atoms with van der Waals surface area (Å²) in [5, 5.41) is 0. The highest BCUT2D eigenvalue weighted by Crippen LogP contribution is 2.28. The number of epoxide rings is 2. The zero-order chi connectivity index (χ0) is 13.2. The minimum Gasteiger partial charge on any atom is -0.373 e. The van der Waals surface area contributed by atoms with Crippen LogP contribution in [0.15, 0.2) is 0 Å². The molecule has 0 aliphatic carbocycles. The van der Waals surface area contributed by atoms with E-state index in [2.05, 4.69) is 27.7 Å². The highest BCUT2D eigenvalue weighted by atomic mass is 16.6. The zero-order valence-electron chi connectivity index (χ0n) is 12.0. The lowest BCUT2D eigenvalue weighted by atomic mass is 10.0. The van der Waals surface area contributed by atoms with Crippen molar-refractivity contribution in [3.8, 4) is 0 Å². The van der Waals surface area contributed by atoms with Crippen molar-refractivity contribution in [3.63, 3.8) is 0 Å². The number of rotatable bonds is 9. The SMILES string of the molecule is CC(C)CC(COC(C)(C)C1CO1)OCC1CO1. The quantitative estimate of drug-likeness (QED) is 0.593. The Bertz CT molecular complexity index is 257. The van der Waals surface area contributed by atoms with Crippen molar-refractivity contribution in [1.29, 1.82) is 0 Å². The largest absolute Gasteiger partial charge is 0.373 e. The summed E-state index contributed by atoms with van der Waals surface area (Å²) in [6.07, 6.45) is 1.75. The molecule has 2 heterocycles. The Hall–Kier alpha value is -0.160. The summed E-state index contributed by atoms with van der Waals surface area (Å²) in [7, 11) is 0. The lowest BCUT2D eigenvalue weighted by molar-refractivity contribution is -0.0960. The fraction of sp³-hybridized carbons (Fsp3) is 1.00. The summed E-state index contributed by atoms with van der Waals surface area (Å²) in [4.78, 5) is 0. The molecular weight excluding hydrogens is 232 g/mol. The van der Waals surface area contributed by atoms with Gasteiger partial charge < -0.3 is 18.9 Å². The monoisotopic (exact) mass is 258 g/mol. The predicted molar refractivity (Wildman–Crippen MR) is 68.7 cm³/mol. The number of hydrogen-bond donors (Lipinski definition) is 0. The first-order chi connectivity index (χ1) is 8.47. The van der Waals surface area contributed by atoms with E-state index in [1.54, 1.807) is 0 Å². The highest BCUT2D eigenvalue weighted by Gasteiger charge is 2.41. The molecule has 2 rings (SSSR count). The van der Waals surface area contributed by atoms with Crippen molar-refractivity contribution in [2.75, 3.05) is 26.4 Å². The summed E-state index contributed by atoms with van der Waals surface area (Å²) in [6.45, 7) is 11.6. The standard InChI is InChI=1S/C14H26O4/c1-10(2)5-11(15-6-12-7-16-12)8-18-14(3,4)13-9-17-13/h10-13H,5-9H2,1-4H3. The molecule has 0 saturated carbocycles. The third-order valence-electron chi connectivity index (χ3n) is 3.40. The summed E-state index contributed by atoms with van der Waals surface area (Å²) >= 11 is 0. The molecule has 0 amide bonds. The smallest absolute Gasteiger partial charge is 0.109 e. The van der Waals surface area contributed by atoms with Gasteiger partial charge in [-0.15, -0.1) is 0 Å². The average Bonchev–Trinajstić information content (AvgIpc) is 3.15. The topological polar surface area (TPSA) is 43.5 Å². The molecule has 18 heavy (non-hydrogen) atoms. The molecule has 3 atom stereocenters. The van der Waals surface area contributed by atoms with Gasteiger partial charge in [0.1, 0.15) is 12.2 Å². The van der Waals surface area contributed by atoms with Crippen LogP contribution in [0.3, 0.4) is 0 Å². The minimum absolute atomic E-state index is 0.159. The Kier molecular flexibility index (Phi) is 4.64. The van der Waals surface area contributed by atoms with Crippen molar-refractivity contribution in [2.45, 2.75) is 58.0 Å². The van der Waals surface area contributed by atoms with Gasteiger partial charge in [0.2, 0.25) is 0 Å². The molecular formula is C14H26O4. The van der Waals surface area contributed by atoms with E-state index >= 15 is 0 Å². The van der Waals surface area contributed by atoms with Gasteiger partial charge in [-0.1, -0.05) is 13.8 Å². The lowest BCUT2D eigenvalue weighted by Gasteiger charge is -2.27. The first-order valence-electron chi connectivity index (χ1n) is 6.96. The van der Waals surface area contributed by atoms with Crippen LogP contribution in [0.1, 0.15) is 34.1 Å². The van der Waals surface area contributed by atoms with Gasteiger partial charge in [0, 0.05) is 0 Å². The molecule has 0 radical (unpaired) electrons. The Morgan fingerprint density at radius 2 is 1.89 bits per heavy atom. The Balaban J connectivity index is 1.71. The van der Waals surface area contributed by atoms with Crippen molar-refractivity contribution in [3.05, 3.63) is 0 Å². The van der Waals surface area contributed by atoms with Gasteiger partial charge in [-0.2, -0.15) is 0 Å². The first-order valence-corrected chi connectivity index (χ1v) is 6.96. The molecule has 0 spiro atoms. The van der Waals surface area contributed by atoms with E-state index < -0.39 is 0 Å². The maximum absolute atomic E-state index is 5.98. The van der Waals surface area contributed by atoms with Crippen LogP contribution in [0.4, 0.5) is 0 Å². The molecule has 4 heteroatoms. The average molecular weight is 258 g/mol. The van der Waals surface area contributed by atoms with E-state index in [0.717, 1.165) is 19.6 Å². The molecule has 2 fully saturated rings. The predicted octanol–water partition coefficient (Wildman–Crippen LogP) is 2.01. The molecule has 2 aliphatic heterocycles. The van der Waals surface area contributed by atoms with E-state index in [0.29, 0.717) is 25.2 Å². The fourth-order valence-corrected chi connectivity index (χ4v) is 1.97. The Morgan fingerprint density at radius 3 is 2.39 bits per heavy atom. The molecule has 4 nitrogen and oxygen atoms in total. The summed E-state index contributed by atoms with van der Waals surface area (Å²) < 4.78 is 22.3.